The lowest BCUT2D eigenvalue weighted by Crippen LogP contribution is -2.38. The summed E-state index contributed by atoms with van der Waals surface area (Å²) in [5.74, 6) is 0.0165. The van der Waals surface area contributed by atoms with Crippen LogP contribution < -0.4 is 0 Å². The van der Waals surface area contributed by atoms with Gasteiger partial charge in [0, 0.05) is 18.2 Å². The molecule has 0 bridgehead atoms. The third-order valence-corrected chi connectivity index (χ3v) is 5.02. The molecule has 2 aromatic rings. The molecule has 1 atom stereocenters. The first-order valence-corrected chi connectivity index (χ1v) is 7.74. The van der Waals surface area contributed by atoms with Crippen LogP contribution in [0.2, 0.25) is 0 Å². The van der Waals surface area contributed by atoms with Crippen LogP contribution >= 0.6 is 0 Å². The molecule has 0 saturated heterocycles. The summed E-state index contributed by atoms with van der Waals surface area (Å²) in [6, 6.07) is 7.24. The highest BCUT2D eigenvalue weighted by atomic mass is 16.3. The molecule has 0 aromatic heterocycles. The van der Waals surface area contributed by atoms with E-state index < -0.39 is 0 Å². The lowest BCUT2D eigenvalue weighted by atomic mass is 9.76. The summed E-state index contributed by atoms with van der Waals surface area (Å²) in [7, 11) is 0. The van der Waals surface area contributed by atoms with Crippen molar-refractivity contribution in [3.8, 4) is 28.4 Å². The molecule has 114 valence electrons. The highest BCUT2D eigenvalue weighted by Crippen LogP contribution is 2.51. The van der Waals surface area contributed by atoms with Crippen molar-refractivity contribution >= 4 is 0 Å². The number of aromatic hydroxyl groups is 3. The topological polar surface area (TPSA) is 63.9 Å². The zero-order valence-electron chi connectivity index (χ0n) is 12.5. The molecule has 0 spiro atoms. The second-order valence-corrected chi connectivity index (χ2v) is 6.13. The molecule has 0 unspecified atom stereocenters. The minimum absolute atomic E-state index is 0.0858. The molecule has 0 radical (unpaired) electrons. The number of hydrogen-bond donors (Lipinski definition) is 3. The molecule has 4 heteroatoms. The van der Waals surface area contributed by atoms with Crippen LogP contribution in [-0.4, -0.2) is 33.3 Å². The fourth-order valence-corrected chi connectivity index (χ4v) is 4.02. The largest absolute Gasteiger partial charge is 0.508 e. The van der Waals surface area contributed by atoms with Crippen LogP contribution in [0.25, 0.3) is 11.1 Å². The van der Waals surface area contributed by atoms with E-state index in [0.717, 1.165) is 42.6 Å². The van der Waals surface area contributed by atoms with Gasteiger partial charge in [-0.1, -0.05) is 13.0 Å². The van der Waals surface area contributed by atoms with E-state index in [1.54, 1.807) is 12.1 Å². The lowest BCUT2D eigenvalue weighted by Gasteiger charge is -2.41. The lowest BCUT2D eigenvalue weighted by molar-refractivity contribution is 0.192. The summed E-state index contributed by atoms with van der Waals surface area (Å²) < 4.78 is 0. The van der Waals surface area contributed by atoms with Gasteiger partial charge >= 0.3 is 0 Å². The van der Waals surface area contributed by atoms with Crippen LogP contribution in [-0.2, 0) is 12.8 Å². The summed E-state index contributed by atoms with van der Waals surface area (Å²) in [6.07, 6.45) is 1.72. The first kappa shape index (κ1) is 13.5. The Morgan fingerprint density at radius 2 is 1.95 bits per heavy atom. The van der Waals surface area contributed by atoms with E-state index in [9.17, 15) is 15.3 Å². The Labute approximate surface area is 129 Å². The Balaban J connectivity index is 2.04. The van der Waals surface area contributed by atoms with Gasteiger partial charge in [-0.25, -0.2) is 0 Å². The number of hydrogen-bond acceptors (Lipinski definition) is 4. The van der Waals surface area contributed by atoms with E-state index in [0.29, 0.717) is 5.56 Å². The molecule has 0 amide bonds. The fraction of sp³-hybridized carbons (Fsp3) is 0.333. The highest BCUT2D eigenvalue weighted by molar-refractivity contribution is 5.83. The van der Waals surface area contributed by atoms with Crippen molar-refractivity contribution in [1.29, 1.82) is 0 Å². The van der Waals surface area contributed by atoms with Crippen LogP contribution in [0.5, 0.6) is 17.2 Å². The third kappa shape index (κ3) is 1.74. The second kappa shape index (κ2) is 4.65. The van der Waals surface area contributed by atoms with Crippen molar-refractivity contribution < 1.29 is 15.3 Å². The maximum absolute atomic E-state index is 10.3. The number of phenolic OH excluding ortho intramolecular Hbond substituents is 3. The Kier molecular flexibility index (Phi) is 2.84. The van der Waals surface area contributed by atoms with Crippen LogP contribution in [0.3, 0.4) is 0 Å². The summed E-state index contributed by atoms with van der Waals surface area (Å²) >= 11 is 0. The highest BCUT2D eigenvalue weighted by Gasteiger charge is 2.35. The molecular weight excluding hydrogens is 278 g/mol. The van der Waals surface area contributed by atoms with Crippen LogP contribution in [0.4, 0.5) is 0 Å². The van der Waals surface area contributed by atoms with Gasteiger partial charge in [-0.15, -0.1) is 0 Å². The Bertz CT molecular complexity index is 769. The monoisotopic (exact) mass is 297 g/mol. The summed E-state index contributed by atoms with van der Waals surface area (Å²) in [5, 5.41) is 30.2. The van der Waals surface area contributed by atoms with Gasteiger partial charge in [0.1, 0.15) is 5.75 Å². The average molecular weight is 297 g/mol. The molecule has 1 aliphatic carbocycles. The van der Waals surface area contributed by atoms with Gasteiger partial charge in [0.25, 0.3) is 0 Å². The second-order valence-electron chi connectivity index (χ2n) is 6.13. The molecule has 2 aromatic carbocycles. The number of rotatable bonds is 1. The first-order valence-electron chi connectivity index (χ1n) is 7.74. The molecule has 4 nitrogen and oxygen atoms in total. The zero-order valence-corrected chi connectivity index (χ0v) is 12.5. The van der Waals surface area contributed by atoms with E-state index in [1.807, 2.05) is 12.1 Å². The number of likely N-dealkylation sites (N-methyl/N-ethyl adjacent to an activating group) is 1. The number of benzene rings is 2. The minimum atomic E-state index is -0.113. The quantitative estimate of drug-likeness (QED) is 0.708. The molecule has 0 saturated carbocycles. The number of fused-ring (bicyclic) bond motifs is 2. The Morgan fingerprint density at radius 3 is 2.73 bits per heavy atom. The molecule has 1 aliphatic heterocycles. The van der Waals surface area contributed by atoms with Crippen LogP contribution in [0.1, 0.15) is 29.7 Å². The van der Waals surface area contributed by atoms with E-state index >= 15 is 0 Å². The fourth-order valence-electron chi connectivity index (χ4n) is 4.02. The van der Waals surface area contributed by atoms with E-state index in [-0.39, 0.29) is 23.3 Å². The van der Waals surface area contributed by atoms with Gasteiger partial charge in [0.2, 0.25) is 0 Å². The van der Waals surface area contributed by atoms with Gasteiger partial charge in [-0.3, -0.25) is 4.90 Å². The molecule has 22 heavy (non-hydrogen) atoms. The van der Waals surface area contributed by atoms with Gasteiger partial charge in [-0.05, 0) is 59.8 Å². The van der Waals surface area contributed by atoms with Crippen LogP contribution in [0.15, 0.2) is 24.3 Å². The molecule has 3 N–H and O–H groups in total. The van der Waals surface area contributed by atoms with Crippen molar-refractivity contribution in [3.05, 3.63) is 41.0 Å². The molecule has 0 fully saturated rings. The van der Waals surface area contributed by atoms with Crippen molar-refractivity contribution in [2.24, 2.45) is 0 Å². The van der Waals surface area contributed by atoms with E-state index in [4.69, 9.17) is 0 Å². The van der Waals surface area contributed by atoms with E-state index in [2.05, 4.69) is 11.8 Å². The van der Waals surface area contributed by atoms with Gasteiger partial charge in [0.15, 0.2) is 11.5 Å². The van der Waals surface area contributed by atoms with Crippen molar-refractivity contribution in [2.75, 3.05) is 13.1 Å². The maximum Gasteiger partial charge on any atom is 0.165 e. The van der Waals surface area contributed by atoms with Gasteiger partial charge in [-0.2, -0.15) is 0 Å². The zero-order chi connectivity index (χ0) is 15.4. The average Bonchev–Trinajstić information content (AvgIpc) is 2.51. The molecular formula is C18H19NO3. The molecule has 4 rings (SSSR count). The van der Waals surface area contributed by atoms with Gasteiger partial charge in [0.05, 0.1) is 0 Å². The van der Waals surface area contributed by atoms with Crippen LogP contribution in [0, 0.1) is 0 Å². The van der Waals surface area contributed by atoms with Gasteiger partial charge < -0.3 is 15.3 Å². The minimum Gasteiger partial charge on any atom is -0.508 e. The summed E-state index contributed by atoms with van der Waals surface area (Å²) in [4.78, 5) is 2.44. The van der Waals surface area contributed by atoms with Crippen molar-refractivity contribution in [2.45, 2.75) is 25.8 Å². The SMILES string of the molecule is CCN1CCc2cc(O)cc3c2[C@H]1Cc1ccc(O)c(O)c1-3. The third-order valence-electron chi connectivity index (χ3n) is 5.02. The smallest absolute Gasteiger partial charge is 0.165 e. The number of phenols is 3. The summed E-state index contributed by atoms with van der Waals surface area (Å²) in [5.41, 5.74) is 4.89. The Morgan fingerprint density at radius 1 is 1.14 bits per heavy atom. The standard InChI is InChI=1S/C18H19NO3/c1-2-19-6-5-11-7-12(20)9-13-16(11)14(19)8-10-3-4-15(21)18(22)17(10)13/h3-4,7,9,14,20-22H,2,5-6,8H2,1H3/t14-/m1/s1. The Hall–Kier alpha value is -2.20. The maximum atomic E-state index is 10.3. The normalized spacial score (nSPS) is 19.6. The predicted octanol–water partition coefficient (Wildman–Crippen LogP) is 2.95. The van der Waals surface area contributed by atoms with Crippen molar-refractivity contribution in [1.82, 2.24) is 4.90 Å². The predicted molar refractivity (Wildman–Crippen MR) is 84.3 cm³/mol. The molecule has 2 aliphatic rings. The van der Waals surface area contributed by atoms with E-state index in [1.165, 1.54) is 5.56 Å². The number of nitrogens with zero attached hydrogens (tertiary/aromatic N) is 1. The van der Waals surface area contributed by atoms with Crippen molar-refractivity contribution in [3.63, 3.8) is 0 Å². The summed E-state index contributed by atoms with van der Waals surface area (Å²) in [6.45, 7) is 4.12. The first-order chi connectivity index (χ1) is 10.6. The molecule has 1 heterocycles.